The lowest BCUT2D eigenvalue weighted by Gasteiger charge is -2.07. The largest absolute Gasteiger partial charge is 0.287 e. The topological polar surface area (TPSA) is 75.4 Å². The second-order valence-electron chi connectivity index (χ2n) is 6.51. The van der Waals surface area contributed by atoms with Crippen LogP contribution in [0.5, 0.6) is 0 Å². The van der Waals surface area contributed by atoms with Gasteiger partial charge < -0.3 is 0 Å². The molecule has 0 amide bonds. The summed E-state index contributed by atoms with van der Waals surface area (Å²) < 4.78 is 25.4. The summed E-state index contributed by atoms with van der Waals surface area (Å²) in [7, 11) is -1.83. The molecule has 6 nitrogen and oxygen atoms in total. The van der Waals surface area contributed by atoms with Crippen molar-refractivity contribution in [2.75, 3.05) is 19.1 Å². The summed E-state index contributed by atoms with van der Waals surface area (Å²) in [6.07, 6.45) is 2.97. The van der Waals surface area contributed by atoms with E-state index in [9.17, 15) is 13.6 Å². The van der Waals surface area contributed by atoms with Crippen LogP contribution in [0.15, 0.2) is 59.6 Å². The van der Waals surface area contributed by atoms with Crippen LogP contribution < -0.4 is 0 Å². The molecular weight excluding hydrogens is 474 g/mol. The Labute approximate surface area is 195 Å². The summed E-state index contributed by atoms with van der Waals surface area (Å²) in [4.78, 5) is 0.241. The van der Waals surface area contributed by atoms with E-state index in [1.165, 1.54) is 29.7 Å². The summed E-state index contributed by atoms with van der Waals surface area (Å²) in [6.45, 7) is 0. The third-order valence-electron chi connectivity index (χ3n) is 4.15. The van der Waals surface area contributed by atoms with Crippen LogP contribution in [-0.4, -0.2) is 51.8 Å². The molecule has 0 saturated heterocycles. The quantitative estimate of drug-likeness (QED) is 0.329. The number of hydrogen-bond acceptors (Lipinski definition) is 6. The highest BCUT2D eigenvalue weighted by Gasteiger charge is 2.14. The van der Waals surface area contributed by atoms with Gasteiger partial charge in [-0.05, 0) is 29.8 Å². The molecule has 2 aromatic carbocycles. The first-order valence-electron chi connectivity index (χ1n) is 8.89. The highest BCUT2D eigenvalue weighted by molar-refractivity contribution is 8.23. The molecule has 1 aromatic heterocycles. The molecule has 1 N–H and O–H groups in total. The second-order valence-corrected chi connectivity index (χ2v) is 10.6. The molecule has 160 valence electrons. The number of hydroxylamine groups is 2. The lowest BCUT2D eigenvalue weighted by Crippen LogP contribution is -2.17. The van der Waals surface area contributed by atoms with Crippen LogP contribution in [0.1, 0.15) is 0 Å². The van der Waals surface area contributed by atoms with Gasteiger partial charge in [-0.3, -0.25) is 5.21 Å². The van der Waals surface area contributed by atoms with Gasteiger partial charge in [0.15, 0.2) is 14.2 Å². The third-order valence-corrected chi connectivity index (χ3v) is 6.95. The van der Waals surface area contributed by atoms with Crippen molar-refractivity contribution in [1.29, 1.82) is 0 Å². The first kappa shape index (κ1) is 23.3. The Morgan fingerprint density at radius 1 is 1.19 bits per heavy atom. The van der Waals surface area contributed by atoms with E-state index >= 15 is 0 Å². The maximum Gasteiger partial charge on any atom is 0.175 e. The number of thioether (sulfide) groups is 1. The number of halogens is 1. The van der Waals surface area contributed by atoms with E-state index in [1.807, 2.05) is 12.1 Å². The molecule has 0 aliphatic heterocycles. The monoisotopic (exact) mass is 491 g/mol. The van der Waals surface area contributed by atoms with Gasteiger partial charge in [-0.25, -0.2) is 13.5 Å². The minimum atomic E-state index is -3.29. The van der Waals surface area contributed by atoms with Gasteiger partial charge in [0.25, 0.3) is 0 Å². The van der Waals surface area contributed by atoms with E-state index in [4.69, 9.17) is 23.8 Å². The van der Waals surface area contributed by atoms with Crippen molar-refractivity contribution in [3.8, 4) is 34.3 Å². The molecule has 0 saturated carbocycles. The average molecular weight is 492 g/mol. The number of benzene rings is 2. The molecule has 0 unspecified atom stereocenters. The van der Waals surface area contributed by atoms with Crippen molar-refractivity contribution in [3.05, 3.63) is 59.8 Å². The lowest BCUT2D eigenvalue weighted by atomic mass is 10.0. The standard InChI is InChI=1S/C21H18ClN3O3S3/c1-24(26)21(29)30-13-3-12-25-14-19(15-4-8-17(22)9-5-15)20(23-25)16-6-10-18(11-7-16)31(2,27)28/h4-11,14,26H,13H2,1-2H3. The van der Waals surface area contributed by atoms with Gasteiger partial charge in [-0.15, -0.1) is 0 Å². The number of thiocarbonyl (C=S) groups is 1. The molecule has 0 radical (unpaired) electrons. The molecule has 0 atom stereocenters. The first-order valence-corrected chi connectivity index (χ1v) is 12.6. The Kier molecular flexibility index (Phi) is 7.41. The van der Waals surface area contributed by atoms with E-state index in [0.29, 0.717) is 20.8 Å². The number of aromatic nitrogens is 2. The minimum absolute atomic E-state index is 0.241. The zero-order valence-electron chi connectivity index (χ0n) is 16.6. The van der Waals surface area contributed by atoms with Crippen LogP contribution in [0.2, 0.25) is 5.02 Å². The van der Waals surface area contributed by atoms with Crippen molar-refractivity contribution in [3.63, 3.8) is 0 Å². The maximum absolute atomic E-state index is 11.8. The fourth-order valence-corrected chi connectivity index (χ4v) is 4.03. The Balaban J connectivity index is 1.97. The highest BCUT2D eigenvalue weighted by atomic mass is 35.5. The number of nitrogens with zero attached hydrogens (tertiary/aromatic N) is 3. The van der Waals surface area contributed by atoms with Gasteiger partial charge in [0.2, 0.25) is 0 Å². The van der Waals surface area contributed by atoms with E-state index in [0.717, 1.165) is 21.8 Å². The summed E-state index contributed by atoms with van der Waals surface area (Å²) in [5.74, 6) is 3.34. The second kappa shape index (κ2) is 9.85. The van der Waals surface area contributed by atoms with Crippen molar-refractivity contribution in [1.82, 2.24) is 14.8 Å². The van der Waals surface area contributed by atoms with Crippen LogP contribution in [0, 0.1) is 12.0 Å². The van der Waals surface area contributed by atoms with Crippen molar-refractivity contribution >= 4 is 49.7 Å². The predicted molar refractivity (Wildman–Crippen MR) is 129 cm³/mol. The van der Waals surface area contributed by atoms with Crippen LogP contribution in [-0.2, 0) is 9.84 Å². The van der Waals surface area contributed by atoms with Crippen molar-refractivity contribution in [2.45, 2.75) is 4.90 Å². The molecule has 0 aliphatic carbocycles. The summed E-state index contributed by atoms with van der Waals surface area (Å²) in [6, 6.07) is 16.9. The van der Waals surface area contributed by atoms with Gasteiger partial charge in [-0.1, -0.05) is 65.8 Å². The number of rotatable bonds is 4. The summed E-state index contributed by atoms with van der Waals surface area (Å²) in [5.41, 5.74) is 3.15. The molecule has 0 aliphatic rings. The Morgan fingerprint density at radius 2 is 1.81 bits per heavy atom. The normalized spacial score (nSPS) is 11.0. The Morgan fingerprint density at radius 3 is 2.39 bits per heavy atom. The van der Waals surface area contributed by atoms with E-state index in [2.05, 4.69) is 17.1 Å². The molecule has 0 fully saturated rings. The fourth-order valence-electron chi connectivity index (χ4n) is 2.65. The molecule has 10 heteroatoms. The molecule has 31 heavy (non-hydrogen) atoms. The van der Waals surface area contributed by atoms with Crippen LogP contribution in [0.3, 0.4) is 0 Å². The summed E-state index contributed by atoms with van der Waals surface area (Å²) >= 11 is 12.3. The van der Waals surface area contributed by atoms with Crippen molar-refractivity contribution < 1.29 is 13.6 Å². The zero-order chi connectivity index (χ0) is 22.6. The first-order chi connectivity index (χ1) is 14.6. The SMILES string of the molecule is CN(O)C(=S)SCC#Cn1cc(-c2ccc(Cl)cc2)c(-c2ccc(S(C)(=O)=O)cc2)n1. The van der Waals surface area contributed by atoms with E-state index in [1.54, 1.807) is 42.6 Å². The van der Waals surface area contributed by atoms with Crippen LogP contribution in [0.25, 0.3) is 22.4 Å². The van der Waals surface area contributed by atoms with Gasteiger partial charge in [0.05, 0.1) is 10.6 Å². The van der Waals surface area contributed by atoms with Gasteiger partial charge in [0, 0.05) is 41.7 Å². The smallest absolute Gasteiger partial charge is 0.175 e. The number of sulfone groups is 1. The summed E-state index contributed by atoms with van der Waals surface area (Å²) in [5, 5.41) is 15.3. The molecule has 1 heterocycles. The maximum atomic E-state index is 11.8. The molecular formula is C21H18ClN3O3S3. The Hall–Kier alpha value is -2.35. The number of hydrogen-bond donors (Lipinski definition) is 1. The lowest BCUT2D eigenvalue weighted by molar-refractivity contribution is 0.0205. The zero-order valence-corrected chi connectivity index (χ0v) is 19.8. The molecule has 3 rings (SSSR count). The van der Waals surface area contributed by atoms with Gasteiger partial charge in [0.1, 0.15) is 5.69 Å². The Bertz CT molecular complexity index is 1260. The average Bonchev–Trinajstić information content (AvgIpc) is 3.15. The van der Waals surface area contributed by atoms with Gasteiger partial charge in [-0.2, -0.15) is 9.78 Å². The third kappa shape index (κ3) is 6.09. The highest BCUT2D eigenvalue weighted by Crippen LogP contribution is 2.32. The van der Waals surface area contributed by atoms with Gasteiger partial charge >= 0.3 is 0 Å². The predicted octanol–water partition coefficient (Wildman–Crippen LogP) is 4.42. The molecule has 3 aromatic rings. The minimum Gasteiger partial charge on any atom is -0.287 e. The van der Waals surface area contributed by atoms with Crippen LogP contribution in [0.4, 0.5) is 0 Å². The van der Waals surface area contributed by atoms with E-state index in [-0.39, 0.29) is 4.90 Å². The molecule has 0 bridgehead atoms. The van der Waals surface area contributed by atoms with E-state index < -0.39 is 9.84 Å². The molecule has 0 spiro atoms. The van der Waals surface area contributed by atoms with Crippen molar-refractivity contribution in [2.24, 2.45) is 0 Å². The fraction of sp³-hybridized carbons (Fsp3) is 0.143. The van der Waals surface area contributed by atoms with Crippen LogP contribution >= 0.6 is 35.6 Å².